The van der Waals surface area contributed by atoms with Gasteiger partial charge in [-0.2, -0.15) is 0 Å². The molecule has 0 spiro atoms. The van der Waals surface area contributed by atoms with Crippen LogP contribution in [0.4, 0.5) is 0 Å². The Hall–Kier alpha value is -2.04. The molecular weight excluding hydrogens is 336 g/mol. The normalized spacial score (nSPS) is 17.4. The summed E-state index contributed by atoms with van der Waals surface area (Å²) >= 11 is 0. The lowest BCUT2D eigenvalue weighted by molar-refractivity contribution is 0.0963. The highest BCUT2D eigenvalue weighted by molar-refractivity contribution is 5.94. The Kier molecular flexibility index (Phi) is 8.62. The Labute approximate surface area is 164 Å². The van der Waals surface area contributed by atoms with E-state index in [2.05, 4.69) is 42.4 Å². The standard InChI is InChI=1S/C22H36N4O/c1-5-18(6-2)20-12-14-26(16-20)22(24-7-3)25-13-11-17-9-8-10-19(15-17)21(27)23-4/h8-10,15,18,20H,5-7,11-14,16H2,1-4H3,(H,23,27)(H,24,25). The molecule has 1 aliphatic rings. The van der Waals surface area contributed by atoms with Crippen LogP contribution in [-0.4, -0.2) is 50.0 Å². The molecule has 0 bridgehead atoms. The lowest BCUT2D eigenvalue weighted by Gasteiger charge is -2.24. The zero-order chi connectivity index (χ0) is 19.6. The van der Waals surface area contributed by atoms with Crippen molar-refractivity contribution in [3.63, 3.8) is 0 Å². The fourth-order valence-corrected chi connectivity index (χ4v) is 4.05. The monoisotopic (exact) mass is 372 g/mol. The third-order valence-corrected chi connectivity index (χ3v) is 5.65. The number of hydrogen-bond acceptors (Lipinski definition) is 2. The third-order valence-electron chi connectivity index (χ3n) is 5.65. The van der Waals surface area contributed by atoms with Crippen LogP contribution in [0.15, 0.2) is 29.3 Å². The summed E-state index contributed by atoms with van der Waals surface area (Å²) in [5.74, 6) is 2.60. The van der Waals surface area contributed by atoms with E-state index in [1.807, 2.05) is 18.2 Å². The largest absolute Gasteiger partial charge is 0.357 e. The molecular formula is C22H36N4O. The molecule has 0 saturated carbocycles. The van der Waals surface area contributed by atoms with Gasteiger partial charge >= 0.3 is 0 Å². The van der Waals surface area contributed by atoms with Gasteiger partial charge in [-0.25, -0.2) is 0 Å². The molecule has 1 amide bonds. The van der Waals surface area contributed by atoms with Crippen molar-refractivity contribution in [2.75, 3.05) is 33.2 Å². The third kappa shape index (κ3) is 5.98. The van der Waals surface area contributed by atoms with Gasteiger partial charge in [0.25, 0.3) is 5.91 Å². The molecule has 0 radical (unpaired) electrons. The fourth-order valence-electron chi connectivity index (χ4n) is 4.05. The summed E-state index contributed by atoms with van der Waals surface area (Å²) in [6.45, 7) is 10.6. The van der Waals surface area contributed by atoms with Crippen molar-refractivity contribution < 1.29 is 4.79 Å². The van der Waals surface area contributed by atoms with Crippen molar-refractivity contribution in [3.05, 3.63) is 35.4 Å². The van der Waals surface area contributed by atoms with Gasteiger partial charge in [0.2, 0.25) is 0 Å². The van der Waals surface area contributed by atoms with E-state index in [0.717, 1.165) is 56.0 Å². The maximum absolute atomic E-state index is 11.8. The average Bonchev–Trinajstić information content (AvgIpc) is 3.17. The van der Waals surface area contributed by atoms with Gasteiger partial charge < -0.3 is 15.5 Å². The molecule has 1 atom stereocenters. The van der Waals surface area contributed by atoms with E-state index in [1.54, 1.807) is 7.05 Å². The van der Waals surface area contributed by atoms with E-state index in [0.29, 0.717) is 5.56 Å². The lowest BCUT2D eigenvalue weighted by atomic mass is 9.87. The Morgan fingerprint density at radius 2 is 2.07 bits per heavy atom. The number of hydrogen-bond donors (Lipinski definition) is 2. The van der Waals surface area contributed by atoms with Crippen molar-refractivity contribution in [3.8, 4) is 0 Å². The van der Waals surface area contributed by atoms with Crippen molar-refractivity contribution in [2.45, 2.75) is 46.5 Å². The summed E-state index contributed by atoms with van der Waals surface area (Å²) in [5.41, 5.74) is 1.85. The van der Waals surface area contributed by atoms with E-state index < -0.39 is 0 Å². The maximum atomic E-state index is 11.8. The molecule has 2 rings (SSSR count). The quantitative estimate of drug-likeness (QED) is 0.544. The van der Waals surface area contributed by atoms with Gasteiger partial charge in [-0.3, -0.25) is 9.79 Å². The number of carbonyl (C=O) groups is 1. The molecule has 150 valence electrons. The number of guanidine groups is 1. The number of carbonyl (C=O) groups excluding carboxylic acids is 1. The zero-order valence-electron chi connectivity index (χ0n) is 17.4. The van der Waals surface area contributed by atoms with Crippen LogP contribution in [-0.2, 0) is 6.42 Å². The molecule has 0 aliphatic carbocycles. The maximum Gasteiger partial charge on any atom is 0.251 e. The fraction of sp³-hybridized carbons (Fsp3) is 0.636. The topological polar surface area (TPSA) is 56.7 Å². The number of amides is 1. The van der Waals surface area contributed by atoms with Crippen LogP contribution in [0.5, 0.6) is 0 Å². The summed E-state index contributed by atoms with van der Waals surface area (Å²) in [4.78, 5) is 19.1. The average molecular weight is 373 g/mol. The number of likely N-dealkylation sites (tertiary alicyclic amines) is 1. The van der Waals surface area contributed by atoms with Crippen LogP contribution in [0.1, 0.15) is 56.0 Å². The second kappa shape index (κ2) is 11.0. The Morgan fingerprint density at radius 3 is 2.74 bits per heavy atom. The number of nitrogens with zero attached hydrogens (tertiary/aromatic N) is 2. The van der Waals surface area contributed by atoms with E-state index in [4.69, 9.17) is 4.99 Å². The molecule has 1 saturated heterocycles. The first kappa shape index (κ1) is 21.3. The first-order chi connectivity index (χ1) is 13.1. The van der Waals surface area contributed by atoms with Gasteiger partial charge in [0.1, 0.15) is 0 Å². The summed E-state index contributed by atoms with van der Waals surface area (Å²) in [5, 5.41) is 6.13. The lowest BCUT2D eigenvalue weighted by Crippen LogP contribution is -2.40. The van der Waals surface area contributed by atoms with Gasteiger partial charge in [0.15, 0.2) is 5.96 Å². The molecule has 1 heterocycles. The van der Waals surface area contributed by atoms with Crippen molar-refractivity contribution in [1.82, 2.24) is 15.5 Å². The smallest absolute Gasteiger partial charge is 0.251 e. The van der Waals surface area contributed by atoms with Crippen molar-refractivity contribution in [2.24, 2.45) is 16.8 Å². The summed E-state index contributed by atoms with van der Waals surface area (Å²) in [7, 11) is 1.66. The molecule has 5 heteroatoms. The van der Waals surface area contributed by atoms with E-state index >= 15 is 0 Å². The summed E-state index contributed by atoms with van der Waals surface area (Å²) < 4.78 is 0. The van der Waals surface area contributed by atoms with Crippen LogP contribution >= 0.6 is 0 Å². The number of benzene rings is 1. The second-order valence-electron chi connectivity index (χ2n) is 7.34. The number of nitrogens with one attached hydrogen (secondary N) is 2. The van der Waals surface area contributed by atoms with Crippen LogP contribution in [0.2, 0.25) is 0 Å². The first-order valence-electron chi connectivity index (χ1n) is 10.5. The SMILES string of the molecule is CCNC(=NCCc1cccc(C(=O)NC)c1)N1CCC(C(CC)CC)C1. The molecule has 1 aliphatic heterocycles. The van der Waals surface area contributed by atoms with Crippen LogP contribution in [0.25, 0.3) is 0 Å². The molecule has 2 N–H and O–H groups in total. The van der Waals surface area contributed by atoms with Gasteiger partial charge in [0.05, 0.1) is 0 Å². The Balaban J connectivity index is 1.97. The minimum atomic E-state index is -0.0433. The molecule has 1 aromatic carbocycles. The highest BCUT2D eigenvalue weighted by Crippen LogP contribution is 2.28. The van der Waals surface area contributed by atoms with Crippen LogP contribution in [0, 0.1) is 11.8 Å². The molecule has 0 aromatic heterocycles. The Bertz CT molecular complexity index is 624. The predicted octanol–water partition coefficient (Wildman–Crippen LogP) is 3.31. The van der Waals surface area contributed by atoms with Crippen LogP contribution < -0.4 is 10.6 Å². The minimum absolute atomic E-state index is 0.0433. The van der Waals surface area contributed by atoms with Crippen molar-refractivity contribution >= 4 is 11.9 Å². The highest BCUT2D eigenvalue weighted by Gasteiger charge is 2.29. The van der Waals surface area contributed by atoms with Crippen LogP contribution in [0.3, 0.4) is 0 Å². The van der Waals surface area contributed by atoms with Gasteiger partial charge in [-0.05, 0) is 49.3 Å². The highest BCUT2D eigenvalue weighted by atomic mass is 16.1. The van der Waals surface area contributed by atoms with Crippen molar-refractivity contribution in [1.29, 1.82) is 0 Å². The minimum Gasteiger partial charge on any atom is -0.357 e. The molecule has 1 aromatic rings. The molecule has 27 heavy (non-hydrogen) atoms. The zero-order valence-corrected chi connectivity index (χ0v) is 17.4. The molecule has 5 nitrogen and oxygen atoms in total. The Morgan fingerprint density at radius 1 is 1.30 bits per heavy atom. The predicted molar refractivity (Wildman–Crippen MR) is 113 cm³/mol. The first-order valence-corrected chi connectivity index (χ1v) is 10.5. The van der Waals surface area contributed by atoms with E-state index in [-0.39, 0.29) is 5.91 Å². The summed E-state index contributed by atoms with van der Waals surface area (Å²) in [6, 6.07) is 7.81. The summed E-state index contributed by atoms with van der Waals surface area (Å²) in [6.07, 6.45) is 4.64. The van der Waals surface area contributed by atoms with E-state index in [9.17, 15) is 4.79 Å². The molecule has 1 unspecified atom stereocenters. The van der Waals surface area contributed by atoms with Gasteiger partial charge in [-0.15, -0.1) is 0 Å². The molecule has 1 fully saturated rings. The number of rotatable bonds is 8. The van der Waals surface area contributed by atoms with E-state index in [1.165, 1.54) is 19.3 Å². The van der Waals surface area contributed by atoms with Gasteiger partial charge in [0, 0.05) is 38.8 Å². The second-order valence-corrected chi connectivity index (χ2v) is 7.34. The number of aliphatic imine (C=N–C) groups is 1. The van der Waals surface area contributed by atoms with Gasteiger partial charge in [-0.1, -0.05) is 38.8 Å².